The van der Waals surface area contributed by atoms with Gasteiger partial charge >= 0.3 is 0 Å². The van der Waals surface area contributed by atoms with Crippen LogP contribution in [0.1, 0.15) is 10.5 Å². The molecule has 6 heteroatoms. The average Bonchev–Trinajstić information content (AvgIpc) is 3.00. The van der Waals surface area contributed by atoms with E-state index in [1.54, 1.807) is 6.07 Å². The summed E-state index contributed by atoms with van der Waals surface area (Å²) in [6.45, 7) is 0.765. The van der Waals surface area contributed by atoms with Gasteiger partial charge in [-0.15, -0.1) is 0 Å². The molecule has 0 bridgehead atoms. The van der Waals surface area contributed by atoms with Crippen LogP contribution >= 0.6 is 0 Å². The van der Waals surface area contributed by atoms with Crippen molar-refractivity contribution in [3.8, 4) is 11.5 Å². The monoisotopic (exact) mass is 323 g/mol. The van der Waals surface area contributed by atoms with E-state index >= 15 is 0 Å². The third kappa shape index (κ3) is 2.67. The second-order valence-corrected chi connectivity index (χ2v) is 5.74. The molecule has 1 N–H and O–H groups in total. The quantitative estimate of drug-likeness (QED) is 0.802. The van der Waals surface area contributed by atoms with Gasteiger partial charge in [-0.05, 0) is 30.3 Å². The van der Waals surface area contributed by atoms with Crippen molar-refractivity contribution in [2.75, 3.05) is 13.2 Å². The predicted octanol–water partition coefficient (Wildman–Crippen LogP) is 2.14. The van der Waals surface area contributed by atoms with Crippen molar-refractivity contribution in [2.24, 2.45) is 7.05 Å². The predicted molar refractivity (Wildman–Crippen MR) is 89.4 cm³/mol. The van der Waals surface area contributed by atoms with E-state index in [4.69, 9.17) is 9.47 Å². The largest absolute Gasteiger partial charge is 0.486 e. The number of carbonyl (C=O) groups excluding carboxylic acids is 1. The lowest BCUT2D eigenvalue weighted by Crippen LogP contribution is -2.40. The van der Waals surface area contributed by atoms with Gasteiger partial charge in [0.1, 0.15) is 24.1 Å². The second kappa shape index (κ2) is 5.88. The highest BCUT2D eigenvalue weighted by Gasteiger charge is 2.21. The maximum atomic E-state index is 12.3. The average molecular weight is 323 g/mol. The first-order chi connectivity index (χ1) is 11.7. The van der Waals surface area contributed by atoms with Crippen LogP contribution in [0.15, 0.2) is 48.7 Å². The lowest BCUT2D eigenvalue weighted by Gasteiger charge is -2.26. The number of pyridine rings is 1. The molecule has 1 amide bonds. The Labute approximate surface area is 139 Å². The molecule has 24 heavy (non-hydrogen) atoms. The number of carbonyl (C=O) groups is 1. The number of aromatic nitrogens is 2. The number of benzene rings is 1. The summed E-state index contributed by atoms with van der Waals surface area (Å²) in [6.07, 6.45) is 1.70. The van der Waals surface area contributed by atoms with Crippen LogP contribution in [0.5, 0.6) is 11.5 Å². The number of para-hydroxylation sites is 2. The van der Waals surface area contributed by atoms with Gasteiger partial charge in [-0.25, -0.2) is 4.98 Å². The molecule has 1 aliphatic heterocycles. The first-order valence-corrected chi connectivity index (χ1v) is 7.79. The SMILES string of the molecule is Cn1ccc2ccc(C(=O)NCC3COc4ccccc4O3)nc21. The van der Waals surface area contributed by atoms with E-state index in [-0.39, 0.29) is 12.0 Å². The zero-order valence-electron chi connectivity index (χ0n) is 13.2. The Balaban J connectivity index is 1.42. The molecule has 3 aromatic rings. The number of ether oxygens (including phenoxy) is 2. The fourth-order valence-electron chi connectivity index (χ4n) is 2.72. The van der Waals surface area contributed by atoms with Crippen LogP contribution in [-0.4, -0.2) is 34.7 Å². The molecule has 1 aliphatic rings. The second-order valence-electron chi connectivity index (χ2n) is 5.74. The van der Waals surface area contributed by atoms with Crippen LogP contribution in [0, 0.1) is 0 Å². The highest BCUT2D eigenvalue weighted by molar-refractivity contribution is 5.94. The molecule has 2 aromatic heterocycles. The number of hydrogen-bond donors (Lipinski definition) is 1. The lowest BCUT2D eigenvalue weighted by molar-refractivity contribution is 0.0786. The molecule has 0 radical (unpaired) electrons. The van der Waals surface area contributed by atoms with Crippen molar-refractivity contribution >= 4 is 16.9 Å². The fraction of sp³-hybridized carbons (Fsp3) is 0.222. The molecule has 0 fully saturated rings. The summed E-state index contributed by atoms with van der Waals surface area (Å²) >= 11 is 0. The third-order valence-corrected chi connectivity index (χ3v) is 4.01. The summed E-state index contributed by atoms with van der Waals surface area (Å²) in [4.78, 5) is 16.7. The van der Waals surface area contributed by atoms with E-state index in [1.165, 1.54) is 0 Å². The van der Waals surface area contributed by atoms with Crippen LogP contribution in [-0.2, 0) is 7.05 Å². The summed E-state index contributed by atoms with van der Waals surface area (Å²) in [7, 11) is 1.90. The standard InChI is InChI=1S/C18H17N3O3/c1-21-9-8-12-6-7-14(20-17(12)21)18(22)19-10-13-11-23-15-4-2-3-5-16(15)24-13/h2-9,13H,10-11H2,1H3,(H,19,22). The summed E-state index contributed by atoms with van der Waals surface area (Å²) in [6, 6.07) is 13.1. The van der Waals surface area contributed by atoms with Crippen LogP contribution < -0.4 is 14.8 Å². The van der Waals surface area contributed by atoms with Crippen molar-refractivity contribution in [3.05, 3.63) is 54.4 Å². The minimum atomic E-state index is -0.222. The van der Waals surface area contributed by atoms with E-state index in [1.807, 2.05) is 54.2 Å². The molecule has 1 aromatic carbocycles. The first kappa shape index (κ1) is 14.6. The topological polar surface area (TPSA) is 65.4 Å². The Bertz CT molecular complexity index is 903. The molecule has 0 saturated heterocycles. The molecule has 3 heterocycles. The summed E-state index contributed by atoms with van der Waals surface area (Å²) in [5.74, 6) is 1.21. The van der Waals surface area contributed by atoms with Gasteiger partial charge in [-0.2, -0.15) is 0 Å². The van der Waals surface area contributed by atoms with Crippen LogP contribution in [0.25, 0.3) is 11.0 Å². The number of fused-ring (bicyclic) bond motifs is 2. The van der Waals surface area contributed by atoms with E-state index in [9.17, 15) is 4.79 Å². The lowest BCUT2D eigenvalue weighted by atomic mass is 10.2. The van der Waals surface area contributed by atoms with Crippen molar-refractivity contribution in [1.82, 2.24) is 14.9 Å². The molecular weight excluding hydrogens is 306 g/mol. The zero-order chi connectivity index (χ0) is 16.5. The van der Waals surface area contributed by atoms with Crippen LogP contribution in [0.4, 0.5) is 0 Å². The van der Waals surface area contributed by atoms with Gasteiger partial charge in [0, 0.05) is 18.6 Å². The molecule has 1 unspecified atom stereocenters. The van der Waals surface area contributed by atoms with Crippen molar-refractivity contribution < 1.29 is 14.3 Å². The summed E-state index contributed by atoms with van der Waals surface area (Å²) in [5.41, 5.74) is 1.18. The minimum Gasteiger partial charge on any atom is -0.486 e. The first-order valence-electron chi connectivity index (χ1n) is 7.79. The normalized spacial score (nSPS) is 16.1. The summed E-state index contributed by atoms with van der Waals surface area (Å²) < 4.78 is 13.4. The molecule has 4 rings (SSSR count). The van der Waals surface area contributed by atoms with Gasteiger partial charge in [0.2, 0.25) is 0 Å². The number of aryl methyl sites for hydroxylation is 1. The number of nitrogens with zero attached hydrogens (tertiary/aromatic N) is 2. The smallest absolute Gasteiger partial charge is 0.270 e. The Kier molecular flexibility index (Phi) is 3.57. The van der Waals surface area contributed by atoms with Gasteiger partial charge in [0.25, 0.3) is 5.91 Å². The Morgan fingerprint density at radius 1 is 1.25 bits per heavy atom. The van der Waals surface area contributed by atoms with Gasteiger partial charge in [0.05, 0.1) is 6.54 Å². The molecule has 1 atom stereocenters. The van der Waals surface area contributed by atoms with Crippen molar-refractivity contribution in [3.63, 3.8) is 0 Å². The van der Waals surface area contributed by atoms with E-state index < -0.39 is 0 Å². The zero-order valence-corrected chi connectivity index (χ0v) is 13.2. The number of rotatable bonds is 3. The highest BCUT2D eigenvalue weighted by Crippen LogP contribution is 2.30. The maximum Gasteiger partial charge on any atom is 0.270 e. The maximum absolute atomic E-state index is 12.3. The third-order valence-electron chi connectivity index (χ3n) is 4.01. The molecule has 0 saturated carbocycles. The van der Waals surface area contributed by atoms with E-state index in [2.05, 4.69) is 10.3 Å². The highest BCUT2D eigenvalue weighted by atomic mass is 16.6. The molecule has 6 nitrogen and oxygen atoms in total. The van der Waals surface area contributed by atoms with Gasteiger partial charge < -0.3 is 19.4 Å². The van der Waals surface area contributed by atoms with Crippen LogP contribution in [0.2, 0.25) is 0 Å². The Morgan fingerprint density at radius 2 is 2.08 bits per heavy atom. The molecular formula is C18H17N3O3. The van der Waals surface area contributed by atoms with Gasteiger partial charge in [-0.1, -0.05) is 12.1 Å². The number of hydrogen-bond acceptors (Lipinski definition) is 4. The van der Waals surface area contributed by atoms with Crippen LogP contribution in [0.3, 0.4) is 0 Å². The van der Waals surface area contributed by atoms with E-state index in [0.29, 0.717) is 24.6 Å². The number of nitrogens with one attached hydrogen (secondary N) is 1. The van der Waals surface area contributed by atoms with Crippen molar-refractivity contribution in [1.29, 1.82) is 0 Å². The van der Waals surface area contributed by atoms with E-state index in [0.717, 1.165) is 16.8 Å². The fourth-order valence-corrected chi connectivity index (χ4v) is 2.72. The molecule has 0 aliphatic carbocycles. The number of amides is 1. The minimum absolute atomic E-state index is 0.220. The van der Waals surface area contributed by atoms with Gasteiger partial charge in [-0.3, -0.25) is 4.79 Å². The molecule has 122 valence electrons. The summed E-state index contributed by atoms with van der Waals surface area (Å²) in [5, 5.41) is 3.87. The molecule has 0 spiro atoms. The Morgan fingerprint density at radius 3 is 2.96 bits per heavy atom. The Hall–Kier alpha value is -3.02. The van der Waals surface area contributed by atoms with Crippen molar-refractivity contribution in [2.45, 2.75) is 6.10 Å². The van der Waals surface area contributed by atoms with Gasteiger partial charge in [0.15, 0.2) is 11.5 Å².